The monoisotopic (exact) mass is 163 g/mol. The van der Waals surface area contributed by atoms with Crippen molar-refractivity contribution in [2.24, 2.45) is 0 Å². The summed E-state index contributed by atoms with van der Waals surface area (Å²) in [7, 11) is 0. The Morgan fingerprint density at radius 1 is 1.33 bits per heavy atom. The van der Waals surface area contributed by atoms with E-state index in [2.05, 4.69) is 38.7 Å². The molecule has 0 bridgehead atoms. The second-order valence-electron chi connectivity index (χ2n) is 4.14. The Morgan fingerprint density at radius 2 is 2.00 bits per heavy atom. The number of aryl methyl sites for hydroxylation is 1. The Hall–Kier alpha value is -0.850. The quantitative estimate of drug-likeness (QED) is 0.620. The molecule has 1 aromatic heterocycles. The molecular formula is C11H17N. The van der Waals surface area contributed by atoms with Crippen LogP contribution in [-0.4, -0.2) is 4.98 Å². The number of pyridine rings is 1. The predicted octanol–water partition coefficient (Wildman–Crippen LogP) is 2.94. The summed E-state index contributed by atoms with van der Waals surface area (Å²) in [5, 5.41) is 0. The van der Waals surface area contributed by atoms with Gasteiger partial charge in [0.25, 0.3) is 0 Å². The van der Waals surface area contributed by atoms with Crippen LogP contribution in [0.2, 0.25) is 0 Å². The molecule has 1 nitrogen and oxygen atoms in total. The lowest BCUT2D eigenvalue weighted by atomic mass is 9.84. The molecule has 0 amide bonds. The van der Waals surface area contributed by atoms with E-state index in [9.17, 15) is 0 Å². The molecule has 1 aromatic rings. The Bertz CT molecular complexity index is 258. The second-order valence-corrected chi connectivity index (χ2v) is 4.14. The van der Waals surface area contributed by atoms with Gasteiger partial charge in [-0.3, -0.25) is 4.98 Å². The zero-order valence-electron chi connectivity index (χ0n) is 8.39. The van der Waals surface area contributed by atoms with Crippen LogP contribution in [0.1, 0.15) is 38.8 Å². The highest BCUT2D eigenvalue weighted by molar-refractivity contribution is 5.29. The first-order valence-corrected chi connectivity index (χ1v) is 4.49. The topological polar surface area (TPSA) is 12.9 Å². The second kappa shape index (κ2) is 3.26. The van der Waals surface area contributed by atoms with Crippen LogP contribution >= 0.6 is 0 Å². The Morgan fingerprint density at radius 3 is 2.42 bits per heavy atom. The van der Waals surface area contributed by atoms with E-state index in [0.717, 1.165) is 6.42 Å². The first kappa shape index (κ1) is 9.24. The number of nitrogens with zero attached hydrogens (tertiary/aromatic N) is 1. The highest BCUT2D eigenvalue weighted by atomic mass is 14.6. The van der Waals surface area contributed by atoms with Gasteiger partial charge in [0.15, 0.2) is 0 Å². The highest BCUT2D eigenvalue weighted by Gasteiger charge is 2.16. The average Bonchev–Trinajstić information content (AvgIpc) is 2.03. The van der Waals surface area contributed by atoms with Gasteiger partial charge in [-0.25, -0.2) is 0 Å². The van der Waals surface area contributed by atoms with Crippen LogP contribution in [0.3, 0.4) is 0 Å². The van der Waals surface area contributed by atoms with Gasteiger partial charge in [0.1, 0.15) is 0 Å². The van der Waals surface area contributed by atoms with Crippen molar-refractivity contribution in [3.05, 3.63) is 29.6 Å². The summed E-state index contributed by atoms with van der Waals surface area (Å²) in [5.74, 6) is 0. The van der Waals surface area contributed by atoms with Crippen molar-refractivity contribution < 1.29 is 0 Å². The minimum Gasteiger partial charge on any atom is -0.264 e. The van der Waals surface area contributed by atoms with E-state index in [1.165, 1.54) is 11.1 Å². The van der Waals surface area contributed by atoms with Crippen LogP contribution in [0.5, 0.6) is 0 Å². The molecular weight excluding hydrogens is 146 g/mol. The molecule has 1 heteroatoms. The van der Waals surface area contributed by atoms with Gasteiger partial charge in [0.05, 0.1) is 0 Å². The van der Waals surface area contributed by atoms with Crippen molar-refractivity contribution in [2.75, 3.05) is 0 Å². The number of hydrogen-bond acceptors (Lipinski definition) is 1. The van der Waals surface area contributed by atoms with Crippen molar-refractivity contribution in [1.82, 2.24) is 4.98 Å². The summed E-state index contributed by atoms with van der Waals surface area (Å²) in [4.78, 5) is 4.13. The molecule has 1 rings (SSSR count). The highest BCUT2D eigenvalue weighted by Crippen LogP contribution is 2.24. The number of rotatable bonds is 1. The third-order valence-electron chi connectivity index (χ3n) is 2.09. The van der Waals surface area contributed by atoms with E-state index in [-0.39, 0.29) is 5.41 Å². The van der Waals surface area contributed by atoms with Gasteiger partial charge in [-0.2, -0.15) is 0 Å². The Kier molecular flexibility index (Phi) is 2.51. The molecule has 0 atom stereocenters. The first-order valence-electron chi connectivity index (χ1n) is 4.49. The van der Waals surface area contributed by atoms with Crippen LogP contribution in [0, 0.1) is 0 Å². The largest absolute Gasteiger partial charge is 0.264 e. The zero-order valence-corrected chi connectivity index (χ0v) is 8.39. The molecule has 0 spiro atoms. The molecule has 1 heterocycles. The van der Waals surface area contributed by atoms with Crippen molar-refractivity contribution in [3.8, 4) is 0 Å². The lowest BCUT2D eigenvalue weighted by Gasteiger charge is -2.21. The van der Waals surface area contributed by atoms with Crippen molar-refractivity contribution in [1.29, 1.82) is 0 Å². The third kappa shape index (κ3) is 1.84. The lowest BCUT2D eigenvalue weighted by molar-refractivity contribution is 0.582. The minimum atomic E-state index is 0.244. The Balaban J connectivity index is 3.14. The van der Waals surface area contributed by atoms with Gasteiger partial charge in [0.2, 0.25) is 0 Å². The maximum atomic E-state index is 4.13. The fourth-order valence-electron chi connectivity index (χ4n) is 1.44. The van der Waals surface area contributed by atoms with Crippen LogP contribution in [-0.2, 0) is 11.8 Å². The summed E-state index contributed by atoms with van der Waals surface area (Å²) >= 11 is 0. The van der Waals surface area contributed by atoms with Crippen LogP contribution in [0.4, 0.5) is 0 Å². The van der Waals surface area contributed by atoms with Gasteiger partial charge in [0, 0.05) is 12.4 Å². The van der Waals surface area contributed by atoms with Gasteiger partial charge in [-0.15, -0.1) is 0 Å². The van der Waals surface area contributed by atoms with E-state index in [1.807, 2.05) is 12.4 Å². The van der Waals surface area contributed by atoms with E-state index in [0.29, 0.717) is 0 Å². The molecule has 0 fully saturated rings. The minimum absolute atomic E-state index is 0.244. The fourth-order valence-corrected chi connectivity index (χ4v) is 1.44. The van der Waals surface area contributed by atoms with E-state index >= 15 is 0 Å². The van der Waals surface area contributed by atoms with Crippen molar-refractivity contribution in [3.63, 3.8) is 0 Å². The molecule has 0 aliphatic carbocycles. The summed E-state index contributed by atoms with van der Waals surface area (Å²) in [5.41, 5.74) is 3.03. The maximum Gasteiger partial charge on any atom is 0.0302 e. The van der Waals surface area contributed by atoms with Gasteiger partial charge >= 0.3 is 0 Å². The maximum absolute atomic E-state index is 4.13. The zero-order chi connectivity index (χ0) is 9.19. The molecule has 0 aliphatic heterocycles. The molecule has 0 saturated carbocycles. The fraction of sp³-hybridized carbons (Fsp3) is 0.545. The molecule has 0 radical (unpaired) electrons. The standard InChI is InChI=1S/C11H17N/c1-5-9-8-12-7-6-10(9)11(2,3)4/h6-8H,5H2,1-4H3. The van der Waals surface area contributed by atoms with Crippen LogP contribution in [0.15, 0.2) is 18.5 Å². The smallest absolute Gasteiger partial charge is 0.0302 e. The summed E-state index contributed by atoms with van der Waals surface area (Å²) < 4.78 is 0. The van der Waals surface area contributed by atoms with Gasteiger partial charge in [-0.05, 0) is 29.0 Å². The molecule has 66 valence electrons. The van der Waals surface area contributed by atoms with Gasteiger partial charge in [-0.1, -0.05) is 27.7 Å². The normalized spacial score (nSPS) is 11.7. The SMILES string of the molecule is CCc1cnccc1C(C)(C)C. The Labute approximate surface area is 74.8 Å². The first-order chi connectivity index (χ1) is 5.55. The van der Waals surface area contributed by atoms with E-state index in [1.54, 1.807) is 0 Å². The third-order valence-corrected chi connectivity index (χ3v) is 2.09. The average molecular weight is 163 g/mol. The summed E-state index contributed by atoms with van der Waals surface area (Å²) in [6, 6.07) is 2.12. The van der Waals surface area contributed by atoms with Gasteiger partial charge < -0.3 is 0 Å². The molecule has 0 saturated heterocycles. The van der Waals surface area contributed by atoms with Crippen LogP contribution < -0.4 is 0 Å². The molecule has 12 heavy (non-hydrogen) atoms. The number of hydrogen-bond donors (Lipinski definition) is 0. The molecule has 0 aromatic carbocycles. The molecule has 0 unspecified atom stereocenters. The van der Waals surface area contributed by atoms with E-state index < -0.39 is 0 Å². The molecule has 0 aliphatic rings. The lowest BCUT2D eigenvalue weighted by Crippen LogP contribution is -2.14. The van der Waals surface area contributed by atoms with Crippen molar-refractivity contribution in [2.45, 2.75) is 39.5 Å². The molecule has 0 N–H and O–H groups in total. The van der Waals surface area contributed by atoms with Crippen LogP contribution in [0.25, 0.3) is 0 Å². The summed E-state index contributed by atoms with van der Waals surface area (Å²) in [6.07, 6.45) is 4.92. The van der Waals surface area contributed by atoms with Crippen molar-refractivity contribution >= 4 is 0 Å². The predicted molar refractivity (Wildman–Crippen MR) is 52.3 cm³/mol. The number of aromatic nitrogens is 1. The van der Waals surface area contributed by atoms with E-state index in [4.69, 9.17) is 0 Å². The summed E-state index contributed by atoms with van der Waals surface area (Å²) in [6.45, 7) is 8.89.